The number of nitrogens with zero attached hydrogens (tertiary/aromatic N) is 1. The van der Waals surface area contributed by atoms with E-state index in [9.17, 15) is 9.59 Å². The molecule has 6 heteroatoms. The van der Waals surface area contributed by atoms with E-state index in [2.05, 4.69) is 21.2 Å². The fraction of sp³-hybridized carbons (Fsp3) is 0.417. The van der Waals surface area contributed by atoms with E-state index in [1.54, 1.807) is 11.8 Å². The Hall–Kier alpha value is -2.34. The van der Waals surface area contributed by atoms with Crippen molar-refractivity contribution >= 4 is 27.7 Å². The number of hydrogen-bond donors (Lipinski definition) is 1. The van der Waals surface area contributed by atoms with E-state index in [4.69, 9.17) is 4.74 Å². The molecule has 0 fully saturated rings. The molecule has 0 spiro atoms. The molecular formula is C24H31BrN2O3. The Morgan fingerprint density at radius 3 is 2.27 bits per heavy atom. The van der Waals surface area contributed by atoms with Crippen molar-refractivity contribution in [2.75, 3.05) is 6.61 Å². The second-order valence-electron chi connectivity index (χ2n) is 8.60. The summed E-state index contributed by atoms with van der Waals surface area (Å²) in [6.07, 6.45) is 0. The van der Waals surface area contributed by atoms with Gasteiger partial charge in [-0.05, 0) is 82.5 Å². The third kappa shape index (κ3) is 7.17. The van der Waals surface area contributed by atoms with E-state index < -0.39 is 6.04 Å². The fourth-order valence-electron chi connectivity index (χ4n) is 2.87. The van der Waals surface area contributed by atoms with Crippen LogP contribution in [0.15, 0.2) is 46.9 Å². The lowest BCUT2D eigenvalue weighted by molar-refractivity contribution is -0.142. The van der Waals surface area contributed by atoms with Crippen LogP contribution in [0.25, 0.3) is 0 Å². The molecule has 2 aromatic rings. The molecule has 0 saturated carbocycles. The zero-order valence-corrected chi connectivity index (χ0v) is 20.2. The Bertz CT molecular complexity index is 888. The van der Waals surface area contributed by atoms with Crippen molar-refractivity contribution in [2.24, 2.45) is 0 Å². The average molecular weight is 475 g/mol. The molecular weight excluding hydrogens is 444 g/mol. The number of nitrogens with one attached hydrogen (secondary N) is 1. The van der Waals surface area contributed by atoms with Crippen molar-refractivity contribution in [3.05, 3.63) is 63.6 Å². The van der Waals surface area contributed by atoms with E-state index in [1.165, 1.54) is 0 Å². The maximum Gasteiger partial charge on any atom is 0.261 e. The number of halogens is 1. The molecule has 5 nitrogen and oxygen atoms in total. The van der Waals surface area contributed by atoms with Gasteiger partial charge < -0.3 is 15.0 Å². The van der Waals surface area contributed by atoms with Gasteiger partial charge in [0.1, 0.15) is 11.8 Å². The molecule has 0 heterocycles. The van der Waals surface area contributed by atoms with Gasteiger partial charge in [-0.2, -0.15) is 0 Å². The summed E-state index contributed by atoms with van der Waals surface area (Å²) in [5, 5.41) is 2.96. The van der Waals surface area contributed by atoms with Crippen LogP contribution in [-0.4, -0.2) is 34.9 Å². The fourth-order valence-corrected chi connectivity index (χ4v) is 3.14. The highest BCUT2D eigenvalue weighted by Crippen LogP contribution is 2.18. The second kappa shape index (κ2) is 10.1. The molecule has 0 bridgehead atoms. The molecule has 30 heavy (non-hydrogen) atoms. The van der Waals surface area contributed by atoms with Gasteiger partial charge in [0.05, 0.1) is 0 Å². The van der Waals surface area contributed by atoms with Crippen molar-refractivity contribution in [3.8, 4) is 5.75 Å². The standard InChI is InChI=1S/C24H31BrN2O3/c1-16-7-12-21(13-17(16)2)30-15-22(28)27(14-19-8-10-20(25)11-9-19)18(3)23(29)26-24(4,5)6/h7-13,18H,14-15H2,1-6H3,(H,26,29)/t18-/m0/s1. The molecule has 1 atom stereocenters. The van der Waals surface area contributed by atoms with E-state index in [-0.39, 0.29) is 24.0 Å². The maximum absolute atomic E-state index is 13.1. The van der Waals surface area contributed by atoms with Crippen molar-refractivity contribution in [2.45, 2.75) is 59.7 Å². The van der Waals surface area contributed by atoms with Crippen molar-refractivity contribution in [1.82, 2.24) is 10.2 Å². The van der Waals surface area contributed by atoms with E-state index in [0.717, 1.165) is 21.2 Å². The quantitative estimate of drug-likeness (QED) is 0.628. The molecule has 162 valence electrons. The molecule has 0 aliphatic carbocycles. The monoisotopic (exact) mass is 474 g/mol. The van der Waals surface area contributed by atoms with Gasteiger partial charge in [0, 0.05) is 16.6 Å². The number of rotatable bonds is 7. The SMILES string of the molecule is Cc1ccc(OCC(=O)N(Cc2ccc(Br)cc2)[C@@H](C)C(=O)NC(C)(C)C)cc1C. The van der Waals surface area contributed by atoms with Gasteiger partial charge in [0.15, 0.2) is 6.61 Å². The Morgan fingerprint density at radius 2 is 1.70 bits per heavy atom. The van der Waals surface area contributed by atoms with Crippen LogP contribution in [-0.2, 0) is 16.1 Å². The summed E-state index contributed by atoms with van der Waals surface area (Å²) in [4.78, 5) is 27.4. The minimum atomic E-state index is -0.635. The number of amides is 2. The molecule has 2 amide bonds. The van der Waals surface area contributed by atoms with Crippen LogP contribution in [0, 0.1) is 13.8 Å². The molecule has 2 rings (SSSR count). The first-order valence-corrected chi connectivity index (χ1v) is 10.8. The van der Waals surface area contributed by atoms with Gasteiger partial charge in [0.2, 0.25) is 5.91 Å². The van der Waals surface area contributed by atoms with Gasteiger partial charge in [-0.3, -0.25) is 9.59 Å². The van der Waals surface area contributed by atoms with Crippen molar-refractivity contribution in [1.29, 1.82) is 0 Å². The minimum absolute atomic E-state index is 0.133. The Labute approximate surface area is 187 Å². The van der Waals surface area contributed by atoms with Crippen LogP contribution in [0.1, 0.15) is 44.4 Å². The second-order valence-corrected chi connectivity index (χ2v) is 9.51. The Kier molecular flexibility index (Phi) is 8.07. The zero-order chi connectivity index (χ0) is 22.5. The highest BCUT2D eigenvalue weighted by atomic mass is 79.9. The lowest BCUT2D eigenvalue weighted by Crippen LogP contribution is -2.53. The molecule has 1 N–H and O–H groups in total. The summed E-state index contributed by atoms with van der Waals surface area (Å²) < 4.78 is 6.70. The van der Waals surface area contributed by atoms with Gasteiger partial charge >= 0.3 is 0 Å². The van der Waals surface area contributed by atoms with E-state index >= 15 is 0 Å². The smallest absolute Gasteiger partial charge is 0.261 e. The lowest BCUT2D eigenvalue weighted by atomic mass is 10.1. The molecule has 0 saturated heterocycles. The predicted molar refractivity (Wildman–Crippen MR) is 123 cm³/mol. The molecule has 2 aromatic carbocycles. The number of carbonyl (C=O) groups excluding carboxylic acids is 2. The molecule has 0 radical (unpaired) electrons. The summed E-state index contributed by atoms with van der Waals surface area (Å²) in [5.74, 6) is 0.202. The summed E-state index contributed by atoms with van der Waals surface area (Å²) in [6.45, 7) is 11.7. The first-order valence-electron chi connectivity index (χ1n) is 10.0. The number of ether oxygens (including phenoxy) is 1. The van der Waals surface area contributed by atoms with Gasteiger partial charge in [-0.1, -0.05) is 34.1 Å². The zero-order valence-electron chi connectivity index (χ0n) is 18.6. The third-order valence-electron chi connectivity index (χ3n) is 4.77. The van der Waals surface area contributed by atoms with Gasteiger partial charge in [-0.15, -0.1) is 0 Å². The summed E-state index contributed by atoms with van der Waals surface area (Å²) in [5.41, 5.74) is 2.82. The van der Waals surface area contributed by atoms with Crippen molar-refractivity contribution in [3.63, 3.8) is 0 Å². The van der Waals surface area contributed by atoms with Gasteiger partial charge in [0.25, 0.3) is 5.91 Å². The van der Waals surface area contributed by atoms with Gasteiger partial charge in [-0.25, -0.2) is 0 Å². The lowest BCUT2D eigenvalue weighted by Gasteiger charge is -2.31. The average Bonchev–Trinajstić information content (AvgIpc) is 2.66. The number of hydrogen-bond acceptors (Lipinski definition) is 3. The van der Waals surface area contributed by atoms with Crippen LogP contribution < -0.4 is 10.1 Å². The Morgan fingerprint density at radius 1 is 1.07 bits per heavy atom. The first-order chi connectivity index (χ1) is 14.0. The molecule has 0 aliphatic rings. The molecule has 0 aromatic heterocycles. The van der Waals surface area contributed by atoms with Crippen LogP contribution >= 0.6 is 15.9 Å². The number of aryl methyl sites for hydroxylation is 2. The van der Waals surface area contributed by atoms with Crippen LogP contribution in [0.3, 0.4) is 0 Å². The first kappa shape index (κ1) is 23.9. The number of carbonyl (C=O) groups is 2. The highest BCUT2D eigenvalue weighted by Gasteiger charge is 2.28. The predicted octanol–water partition coefficient (Wildman–Crippen LogP) is 4.78. The van der Waals surface area contributed by atoms with Crippen LogP contribution in [0.4, 0.5) is 0 Å². The largest absolute Gasteiger partial charge is 0.484 e. The number of benzene rings is 2. The topological polar surface area (TPSA) is 58.6 Å². The van der Waals surface area contributed by atoms with E-state index in [0.29, 0.717) is 12.3 Å². The maximum atomic E-state index is 13.1. The Balaban J connectivity index is 2.17. The van der Waals surface area contributed by atoms with E-state index in [1.807, 2.05) is 77.1 Å². The van der Waals surface area contributed by atoms with Crippen molar-refractivity contribution < 1.29 is 14.3 Å². The summed E-state index contributed by atoms with van der Waals surface area (Å²) >= 11 is 3.42. The molecule has 0 unspecified atom stereocenters. The normalized spacial score (nSPS) is 12.2. The summed E-state index contributed by atoms with van der Waals surface area (Å²) in [6, 6.07) is 12.8. The molecule has 0 aliphatic heterocycles. The summed E-state index contributed by atoms with van der Waals surface area (Å²) in [7, 11) is 0. The van der Waals surface area contributed by atoms with Crippen LogP contribution in [0.2, 0.25) is 0 Å². The highest BCUT2D eigenvalue weighted by molar-refractivity contribution is 9.10. The minimum Gasteiger partial charge on any atom is -0.484 e. The third-order valence-corrected chi connectivity index (χ3v) is 5.30. The van der Waals surface area contributed by atoms with Crippen LogP contribution in [0.5, 0.6) is 5.75 Å².